The number of aromatic nitrogens is 2. The van der Waals surface area contributed by atoms with Crippen LogP contribution in [0.2, 0.25) is 0 Å². The van der Waals surface area contributed by atoms with Crippen LogP contribution in [0, 0.1) is 6.92 Å². The van der Waals surface area contributed by atoms with Gasteiger partial charge in [-0.05, 0) is 6.92 Å². The first-order valence-corrected chi connectivity index (χ1v) is 2.79. The van der Waals surface area contributed by atoms with Crippen molar-refractivity contribution in [3.63, 3.8) is 0 Å². The number of rotatable bonds is 1. The maximum absolute atomic E-state index is 8.10. The predicted molar refractivity (Wildman–Crippen MR) is 36.1 cm³/mol. The maximum Gasteiger partial charge on any atom is 0.125 e. The molecule has 0 aromatic carbocycles. The van der Waals surface area contributed by atoms with E-state index in [1.807, 2.05) is 0 Å². The molecule has 0 aliphatic rings. The minimum Gasteiger partial charge on any atom is -0.411 e. The van der Waals surface area contributed by atoms with E-state index in [2.05, 4.69) is 15.1 Å². The van der Waals surface area contributed by atoms with Crippen LogP contribution in [0.25, 0.3) is 0 Å². The number of nitrogens with zero attached hydrogens (tertiary/aromatic N) is 3. The van der Waals surface area contributed by atoms with Gasteiger partial charge < -0.3 is 5.21 Å². The molecule has 1 heterocycles. The van der Waals surface area contributed by atoms with Crippen LogP contribution in [0.3, 0.4) is 0 Å². The van der Waals surface area contributed by atoms with E-state index in [-0.39, 0.29) is 0 Å². The SMILES string of the molecule is Cc1ncc(/C=N/O)cn1. The second-order valence-corrected chi connectivity index (χ2v) is 1.81. The van der Waals surface area contributed by atoms with Gasteiger partial charge in [-0.2, -0.15) is 0 Å². The fourth-order valence-electron chi connectivity index (χ4n) is 0.536. The lowest BCUT2D eigenvalue weighted by molar-refractivity contribution is 0.322. The van der Waals surface area contributed by atoms with E-state index in [1.165, 1.54) is 6.21 Å². The van der Waals surface area contributed by atoms with Crippen molar-refractivity contribution in [2.75, 3.05) is 0 Å². The molecule has 1 aromatic heterocycles. The maximum atomic E-state index is 8.10. The van der Waals surface area contributed by atoms with E-state index in [9.17, 15) is 0 Å². The molecule has 1 rings (SSSR count). The first-order valence-electron chi connectivity index (χ1n) is 2.79. The highest BCUT2D eigenvalue weighted by atomic mass is 16.4. The van der Waals surface area contributed by atoms with Crippen molar-refractivity contribution in [1.82, 2.24) is 9.97 Å². The fourth-order valence-corrected chi connectivity index (χ4v) is 0.536. The minimum atomic E-state index is 0.688. The Kier molecular flexibility index (Phi) is 1.94. The summed E-state index contributed by atoms with van der Waals surface area (Å²) in [5.41, 5.74) is 0.688. The molecule has 0 unspecified atom stereocenters. The normalized spacial score (nSPS) is 10.5. The Labute approximate surface area is 58.2 Å². The van der Waals surface area contributed by atoms with Crippen LogP contribution < -0.4 is 0 Å². The van der Waals surface area contributed by atoms with E-state index >= 15 is 0 Å². The second kappa shape index (κ2) is 2.91. The quantitative estimate of drug-likeness (QED) is 0.350. The monoisotopic (exact) mass is 137 g/mol. The number of oxime groups is 1. The summed E-state index contributed by atoms with van der Waals surface area (Å²) in [4.78, 5) is 7.77. The summed E-state index contributed by atoms with van der Waals surface area (Å²) in [7, 11) is 0. The van der Waals surface area contributed by atoms with Crippen LogP contribution in [0.15, 0.2) is 17.5 Å². The summed E-state index contributed by atoms with van der Waals surface area (Å²) >= 11 is 0. The summed E-state index contributed by atoms with van der Waals surface area (Å²) in [6.07, 6.45) is 4.45. The van der Waals surface area contributed by atoms with Crippen molar-refractivity contribution in [1.29, 1.82) is 0 Å². The highest BCUT2D eigenvalue weighted by Crippen LogP contribution is 1.89. The second-order valence-electron chi connectivity index (χ2n) is 1.81. The van der Waals surface area contributed by atoms with Gasteiger partial charge in [0.15, 0.2) is 0 Å². The Morgan fingerprint density at radius 1 is 1.50 bits per heavy atom. The molecule has 10 heavy (non-hydrogen) atoms. The van der Waals surface area contributed by atoms with Gasteiger partial charge in [-0.1, -0.05) is 5.16 Å². The van der Waals surface area contributed by atoms with Crippen molar-refractivity contribution >= 4 is 6.21 Å². The Hall–Kier alpha value is -1.45. The van der Waals surface area contributed by atoms with Gasteiger partial charge in [0.05, 0.1) is 6.21 Å². The first kappa shape index (κ1) is 6.67. The third-order valence-electron chi connectivity index (χ3n) is 1.01. The van der Waals surface area contributed by atoms with Crippen LogP contribution in [0.4, 0.5) is 0 Å². The van der Waals surface area contributed by atoms with Crippen molar-refractivity contribution in [2.45, 2.75) is 6.92 Å². The fraction of sp³-hybridized carbons (Fsp3) is 0.167. The van der Waals surface area contributed by atoms with E-state index in [1.54, 1.807) is 19.3 Å². The Morgan fingerprint density at radius 2 is 2.10 bits per heavy atom. The van der Waals surface area contributed by atoms with E-state index in [0.29, 0.717) is 11.4 Å². The van der Waals surface area contributed by atoms with Gasteiger partial charge in [0, 0.05) is 18.0 Å². The van der Waals surface area contributed by atoms with Gasteiger partial charge >= 0.3 is 0 Å². The van der Waals surface area contributed by atoms with Crippen LogP contribution in [0.1, 0.15) is 11.4 Å². The molecule has 0 radical (unpaired) electrons. The third kappa shape index (κ3) is 1.51. The van der Waals surface area contributed by atoms with Gasteiger partial charge in [-0.3, -0.25) is 0 Å². The third-order valence-corrected chi connectivity index (χ3v) is 1.01. The molecule has 0 bridgehead atoms. The molecule has 0 atom stereocenters. The lowest BCUT2D eigenvalue weighted by atomic mass is 10.4. The van der Waals surface area contributed by atoms with Crippen molar-refractivity contribution in [3.05, 3.63) is 23.8 Å². The molecule has 0 saturated heterocycles. The molecular formula is C6H7N3O. The van der Waals surface area contributed by atoms with Crippen LogP contribution in [-0.2, 0) is 0 Å². The average Bonchev–Trinajstić information content (AvgIpc) is 1.95. The molecule has 1 aromatic rings. The molecule has 4 nitrogen and oxygen atoms in total. The molecule has 1 N–H and O–H groups in total. The lowest BCUT2D eigenvalue weighted by Crippen LogP contribution is -1.89. The first-order chi connectivity index (χ1) is 4.83. The molecule has 0 fully saturated rings. The molecule has 52 valence electrons. The van der Waals surface area contributed by atoms with E-state index < -0.39 is 0 Å². The molecule has 0 aliphatic heterocycles. The molecule has 0 amide bonds. The topological polar surface area (TPSA) is 58.4 Å². The van der Waals surface area contributed by atoms with Gasteiger partial charge in [0.1, 0.15) is 5.82 Å². The standard InChI is InChI=1S/C6H7N3O/c1-5-7-2-6(3-8-5)4-9-10/h2-4,10H,1H3/b9-4+. The summed E-state index contributed by atoms with van der Waals surface area (Å²) in [6, 6.07) is 0. The van der Waals surface area contributed by atoms with Crippen molar-refractivity contribution < 1.29 is 5.21 Å². The van der Waals surface area contributed by atoms with Crippen LogP contribution >= 0.6 is 0 Å². The molecule has 0 spiro atoms. The summed E-state index contributed by atoms with van der Waals surface area (Å²) in [6.45, 7) is 1.79. The Balaban J connectivity index is 2.89. The molecule has 0 saturated carbocycles. The van der Waals surface area contributed by atoms with Gasteiger partial charge in [-0.15, -0.1) is 0 Å². The van der Waals surface area contributed by atoms with E-state index in [0.717, 1.165) is 0 Å². The Bertz CT molecular complexity index is 229. The number of aryl methyl sites for hydroxylation is 1. The highest BCUT2D eigenvalue weighted by molar-refractivity contribution is 5.77. The summed E-state index contributed by atoms with van der Waals surface area (Å²) < 4.78 is 0. The van der Waals surface area contributed by atoms with Gasteiger partial charge in [0.25, 0.3) is 0 Å². The highest BCUT2D eigenvalue weighted by Gasteiger charge is 1.87. The largest absolute Gasteiger partial charge is 0.411 e. The number of hydrogen-bond acceptors (Lipinski definition) is 4. The van der Waals surface area contributed by atoms with E-state index in [4.69, 9.17) is 5.21 Å². The summed E-state index contributed by atoms with van der Waals surface area (Å²) in [5, 5.41) is 10.9. The zero-order chi connectivity index (χ0) is 7.40. The number of hydrogen-bond donors (Lipinski definition) is 1. The van der Waals surface area contributed by atoms with Gasteiger partial charge in [0.2, 0.25) is 0 Å². The van der Waals surface area contributed by atoms with Crippen molar-refractivity contribution in [3.8, 4) is 0 Å². The van der Waals surface area contributed by atoms with Crippen molar-refractivity contribution in [2.24, 2.45) is 5.16 Å². The van der Waals surface area contributed by atoms with Crippen LogP contribution in [-0.4, -0.2) is 21.4 Å². The molecule has 4 heteroatoms. The molecule has 0 aliphatic carbocycles. The summed E-state index contributed by atoms with van der Waals surface area (Å²) in [5.74, 6) is 0.704. The Morgan fingerprint density at radius 3 is 2.60 bits per heavy atom. The zero-order valence-electron chi connectivity index (χ0n) is 5.52. The molecular weight excluding hydrogens is 130 g/mol. The minimum absolute atomic E-state index is 0.688. The predicted octanol–water partition coefficient (Wildman–Crippen LogP) is 0.593. The van der Waals surface area contributed by atoms with Crippen LogP contribution in [0.5, 0.6) is 0 Å². The zero-order valence-corrected chi connectivity index (χ0v) is 5.52. The average molecular weight is 137 g/mol. The smallest absolute Gasteiger partial charge is 0.125 e. The van der Waals surface area contributed by atoms with Gasteiger partial charge in [-0.25, -0.2) is 9.97 Å². The lowest BCUT2D eigenvalue weighted by Gasteiger charge is -1.89.